The zero-order valence-electron chi connectivity index (χ0n) is 11.0. The van der Waals surface area contributed by atoms with E-state index in [2.05, 4.69) is 33.3 Å². The first kappa shape index (κ1) is 13.1. The van der Waals surface area contributed by atoms with E-state index in [0.717, 1.165) is 16.7 Å². The van der Waals surface area contributed by atoms with Crippen LogP contribution < -0.4 is 5.32 Å². The summed E-state index contributed by atoms with van der Waals surface area (Å²) < 4.78 is 3.12. The van der Waals surface area contributed by atoms with Crippen molar-refractivity contribution in [3.8, 4) is 0 Å². The summed E-state index contributed by atoms with van der Waals surface area (Å²) in [6.07, 6.45) is 6.69. The number of aromatic nitrogens is 2. The van der Waals surface area contributed by atoms with Gasteiger partial charge >= 0.3 is 0 Å². The molecule has 1 fully saturated rings. The molecule has 0 bridgehead atoms. The summed E-state index contributed by atoms with van der Waals surface area (Å²) in [4.78, 5) is 0. The summed E-state index contributed by atoms with van der Waals surface area (Å²) >= 11 is 3.62. The van der Waals surface area contributed by atoms with Crippen LogP contribution in [0.25, 0.3) is 0 Å². The highest BCUT2D eigenvalue weighted by atomic mass is 79.9. The second kappa shape index (κ2) is 5.11. The predicted octanol–water partition coefficient (Wildman–Crippen LogP) is 3.30. The average Bonchev–Trinajstić information content (AvgIpc) is 2.52. The average molecular weight is 300 g/mol. The quantitative estimate of drug-likeness (QED) is 0.928. The van der Waals surface area contributed by atoms with E-state index < -0.39 is 0 Å². The number of nitrogens with one attached hydrogen (secondary N) is 1. The van der Waals surface area contributed by atoms with Gasteiger partial charge in [0.05, 0.1) is 15.9 Å². The van der Waals surface area contributed by atoms with Gasteiger partial charge in [0.1, 0.15) is 0 Å². The number of hydrogen-bond donors (Lipinski definition) is 1. The maximum atomic E-state index is 4.43. The maximum Gasteiger partial charge on any atom is 0.0739 e. The Kier molecular flexibility index (Phi) is 3.93. The Morgan fingerprint density at radius 2 is 2.00 bits per heavy atom. The minimum absolute atomic E-state index is 0.315. The zero-order valence-corrected chi connectivity index (χ0v) is 12.6. The molecule has 1 N–H and O–H groups in total. The lowest BCUT2D eigenvalue weighted by molar-refractivity contribution is 0.250. The molecular weight excluding hydrogens is 278 g/mol. The van der Waals surface area contributed by atoms with Gasteiger partial charge in [0.25, 0.3) is 0 Å². The number of halogens is 1. The van der Waals surface area contributed by atoms with Crippen LogP contribution in [0.1, 0.15) is 50.4 Å². The smallest absolute Gasteiger partial charge is 0.0739 e. The van der Waals surface area contributed by atoms with Crippen LogP contribution in [-0.4, -0.2) is 15.3 Å². The third-order valence-corrected chi connectivity index (χ3v) is 4.93. The van der Waals surface area contributed by atoms with Crippen LogP contribution in [0, 0.1) is 6.92 Å². The fourth-order valence-electron chi connectivity index (χ4n) is 2.68. The molecule has 2 rings (SSSR count). The summed E-state index contributed by atoms with van der Waals surface area (Å²) in [5.74, 6) is 0. The molecule has 3 nitrogen and oxygen atoms in total. The highest BCUT2D eigenvalue weighted by Gasteiger charge is 2.26. The molecule has 0 amide bonds. The third-order valence-electron chi connectivity index (χ3n) is 3.90. The number of nitrogens with zero attached hydrogens (tertiary/aromatic N) is 2. The molecule has 96 valence electrons. The summed E-state index contributed by atoms with van der Waals surface area (Å²) in [5, 5.41) is 8.15. The van der Waals surface area contributed by atoms with Gasteiger partial charge in [-0.05, 0) is 42.6 Å². The summed E-state index contributed by atoms with van der Waals surface area (Å²) in [7, 11) is 2.01. The molecular formula is C13H22BrN3. The normalized spacial score (nSPS) is 19.5. The monoisotopic (exact) mass is 299 g/mol. The lowest BCUT2D eigenvalue weighted by Crippen LogP contribution is -2.43. The van der Waals surface area contributed by atoms with E-state index in [1.807, 2.05) is 18.7 Å². The van der Waals surface area contributed by atoms with Crippen LogP contribution in [0.3, 0.4) is 0 Å². The van der Waals surface area contributed by atoms with Gasteiger partial charge in [-0.1, -0.05) is 19.3 Å². The van der Waals surface area contributed by atoms with E-state index in [9.17, 15) is 0 Å². The van der Waals surface area contributed by atoms with E-state index in [0.29, 0.717) is 5.54 Å². The Labute approximate surface area is 112 Å². The van der Waals surface area contributed by atoms with Crippen molar-refractivity contribution in [2.45, 2.75) is 58.0 Å². The van der Waals surface area contributed by atoms with Crippen LogP contribution >= 0.6 is 15.9 Å². The number of hydrogen-bond acceptors (Lipinski definition) is 2. The van der Waals surface area contributed by atoms with E-state index in [4.69, 9.17) is 0 Å². The predicted molar refractivity (Wildman–Crippen MR) is 74.0 cm³/mol. The van der Waals surface area contributed by atoms with Crippen LogP contribution in [0.15, 0.2) is 4.47 Å². The summed E-state index contributed by atoms with van der Waals surface area (Å²) in [5.41, 5.74) is 2.63. The molecule has 0 aromatic carbocycles. The number of rotatable bonds is 3. The van der Waals surface area contributed by atoms with Gasteiger partial charge in [0.2, 0.25) is 0 Å². The first-order valence-corrected chi connectivity index (χ1v) is 7.24. The van der Waals surface area contributed by atoms with Gasteiger partial charge in [-0.2, -0.15) is 5.10 Å². The molecule has 1 aliphatic carbocycles. The van der Waals surface area contributed by atoms with Crippen molar-refractivity contribution >= 4 is 15.9 Å². The number of aryl methyl sites for hydroxylation is 2. The Morgan fingerprint density at radius 3 is 2.53 bits per heavy atom. The lowest BCUT2D eigenvalue weighted by Gasteiger charge is -2.34. The van der Waals surface area contributed by atoms with E-state index in [-0.39, 0.29) is 0 Å². The Hall–Kier alpha value is -0.350. The van der Waals surface area contributed by atoms with Gasteiger partial charge in [-0.15, -0.1) is 0 Å². The highest BCUT2D eigenvalue weighted by Crippen LogP contribution is 2.28. The van der Waals surface area contributed by atoms with E-state index in [1.54, 1.807) is 0 Å². The summed E-state index contributed by atoms with van der Waals surface area (Å²) in [6.45, 7) is 5.29. The molecule has 0 radical (unpaired) electrons. The third kappa shape index (κ3) is 2.91. The molecule has 17 heavy (non-hydrogen) atoms. The minimum Gasteiger partial charge on any atom is -0.306 e. The van der Waals surface area contributed by atoms with Crippen LogP contribution in [-0.2, 0) is 13.6 Å². The van der Waals surface area contributed by atoms with Gasteiger partial charge < -0.3 is 5.32 Å². The van der Waals surface area contributed by atoms with Gasteiger partial charge in [-0.3, -0.25) is 4.68 Å². The first-order chi connectivity index (χ1) is 8.02. The first-order valence-electron chi connectivity index (χ1n) is 6.45. The molecule has 1 aliphatic rings. The molecule has 1 saturated carbocycles. The van der Waals surface area contributed by atoms with Crippen LogP contribution in [0.5, 0.6) is 0 Å². The molecule has 0 unspecified atom stereocenters. The lowest BCUT2D eigenvalue weighted by atomic mass is 9.83. The molecule has 0 atom stereocenters. The van der Waals surface area contributed by atoms with Crippen molar-refractivity contribution in [3.63, 3.8) is 0 Å². The van der Waals surface area contributed by atoms with Crippen molar-refractivity contribution < 1.29 is 0 Å². The Morgan fingerprint density at radius 1 is 1.35 bits per heavy atom. The van der Waals surface area contributed by atoms with Crippen LogP contribution in [0.2, 0.25) is 0 Å². The largest absolute Gasteiger partial charge is 0.306 e. The molecule has 0 saturated heterocycles. The van der Waals surface area contributed by atoms with Gasteiger partial charge in [0, 0.05) is 19.1 Å². The van der Waals surface area contributed by atoms with Crippen molar-refractivity contribution in [3.05, 3.63) is 15.9 Å². The highest BCUT2D eigenvalue weighted by molar-refractivity contribution is 9.10. The van der Waals surface area contributed by atoms with Crippen molar-refractivity contribution in [2.24, 2.45) is 7.05 Å². The SMILES string of the molecule is Cc1nn(C)c(CNC2(C)CCCCC2)c1Br. The molecule has 0 spiro atoms. The van der Waals surface area contributed by atoms with E-state index in [1.165, 1.54) is 37.8 Å². The standard InChI is InChI=1S/C13H22BrN3/c1-10-12(14)11(17(3)16-10)9-15-13(2)7-5-4-6-8-13/h15H,4-9H2,1-3H3. The molecule has 1 aromatic heterocycles. The van der Waals surface area contributed by atoms with Crippen molar-refractivity contribution in [2.75, 3.05) is 0 Å². The summed E-state index contributed by atoms with van der Waals surface area (Å²) in [6, 6.07) is 0. The Balaban J connectivity index is 2.01. The topological polar surface area (TPSA) is 29.9 Å². The van der Waals surface area contributed by atoms with Crippen molar-refractivity contribution in [1.82, 2.24) is 15.1 Å². The molecule has 0 aliphatic heterocycles. The Bertz CT molecular complexity index is 392. The molecule has 4 heteroatoms. The fraction of sp³-hybridized carbons (Fsp3) is 0.769. The van der Waals surface area contributed by atoms with Crippen LogP contribution in [0.4, 0.5) is 0 Å². The fourth-order valence-corrected chi connectivity index (χ4v) is 3.15. The van der Waals surface area contributed by atoms with E-state index >= 15 is 0 Å². The second-order valence-corrected chi connectivity index (χ2v) is 6.24. The van der Waals surface area contributed by atoms with Gasteiger partial charge in [-0.25, -0.2) is 0 Å². The second-order valence-electron chi connectivity index (χ2n) is 5.44. The minimum atomic E-state index is 0.315. The zero-order chi connectivity index (χ0) is 12.5. The maximum absolute atomic E-state index is 4.43. The molecule has 1 aromatic rings. The van der Waals surface area contributed by atoms with Gasteiger partial charge in [0.15, 0.2) is 0 Å². The van der Waals surface area contributed by atoms with Crippen molar-refractivity contribution in [1.29, 1.82) is 0 Å². The molecule has 1 heterocycles.